The lowest BCUT2D eigenvalue weighted by atomic mass is 10.1. The topological polar surface area (TPSA) is 96.6 Å². The molecule has 166 valence electrons. The number of sulfonamides is 1. The molecule has 1 amide bonds. The van der Waals surface area contributed by atoms with Crippen molar-refractivity contribution < 1.29 is 30.8 Å². The van der Waals surface area contributed by atoms with E-state index in [0.717, 1.165) is 6.07 Å². The Labute approximate surface area is 176 Å². The zero-order chi connectivity index (χ0) is 21.9. The second kappa shape index (κ2) is 7.30. The van der Waals surface area contributed by atoms with Gasteiger partial charge in [-0.2, -0.15) is 13.1 Å². The van der Waals surface area contributed by atoms with E-state index < -0.39 is 34.1 Å². The Bertz CT molecular complexity index is 1150. The van der Waals surface area contributed by atoms with Gasteiger partial charge in [-0.25, -0.2) is 12.8 Å². The van der Waals surface area contributed by atoms with Gasteiger partial charge in [-0.1, -0.05) is 0 Å². The van der Waals surface area contributed by atoms with Crippen molar-refractivity contribution in [1.82, 2.24) is 19.4 Å². The van der Waals surface area contributed by atoms with Crippen molar-refractivity contribution in [2.75, 3.05) is 13.1 Å². The Morgan fingerprint density at radius 1 is 1.19 bits per heavy atom. The molecule has 31 heavy (non-hydrogen) atoms. The van der Waals surface area contributed by atoms with Crippen molar-refractivity contribution >= 4 is 15.9 Å². The molecule has 3 aliphatic rings. The summed E-state index contributed by atoms with van der Waals surface area (Å²) in [5.74, 6) is -2.32. The highest BCUT2D eigenvalue weighted by Gasteiger charge is 2.45. The first-order valence-electron chi connectivity index (χ1n) is 10.00. The standard InChI is InChI=1S/C19H19F3N4O4S/c20-15-7-10(17-23-24-18(30-17)16(21)22)6-13-14(15)9-25(19(13)27)8-11-2-1-5-26(11)31(28,29)12-3-4-12/h6-7,11-12,16H,1-5,8-9H2/t11-/m1/s1. The fraction of sp³-hybridized carbons (Fsp3) is 0.526. The van der Waals surface area contributed by atoms with Crippen LogP contribution in [0, 0.1) is 5.82 Å². The number of rotatable bonds is 6. The molecule has 0 bridgehead atoms. The number of amides is 1. The molecule has 3 heterocycles. The molecule has 1 atom stereocenters. The predicted molar refractivity (Wildman–Crippen MR) is 101 cm³/mol. The number of hydrogen-bond donors (Lipinski definition) is 0. The van der Waals surface area contributed by atoms with E-state index >= 15 is 0 Å². The molecule has 0 spiro atoms. The highest BCUT2D eigenvalue weighted by atomic mass is 32.2. The van der Waals surface area contributed by atoms with Gasteiger partial charge >= 0.3 is 6.43 Å². The largest absolute Gasteiger partial charge is 0.415 e. The van der Waals surface area contributed by atoms with Crippen LogP contribution in [0.4, 0.5) is 13.2 Å². The summed E-state index contributed by atoms with van der Waals surface area (Å²) in [6.07, 6.45) is -0.280. The van der Waals surface area contributed by atoms with E-state index in [1.54, 1.807) is 0 Å². The second-order valence-corrected chi connectivity index (χ2v) is 10.2. The summed E-state index contributed by atoms with van der Waals surface area (Å²) < 4.78 is 71.8. The summed E-state index contributed by atoms with van der Waals surface area (Å²) >= 11 is 0. The molecule has 0 radical (unpaired) electrons. The summed E-state index contributed by atoms with van der Waals surface area (Å²) in [6, 6.07) is 2.07. The van der Waals surface area contributed by atoms with Crippen molar-refractivity contribution in [1.29, 1.82) is 0 Å². The van der Waals surface area contributed by atoms with Crippen LogP contribution in [0.2, 0.25) is 0 Å². The molecule has 2 aliphatic heterocycles. The van der Waals surface area contributed by atoms with Gasteiger partial charge in [-0.15, -0.1) is 10.2 Å². The third kappa shape index (κ3) is 3.51. The molecule has 1 saturated heterocycles. The van der Waals surface area contributed by atoms with E-state index in [2.05, 4.69) is 10.2 Å². The number of aromatic nitrogens is 2. The van der Waals surface area contributed by atoms with E-state index in [9.17, 15) is 26.4 Å². The maximum atomic E-state index is 14.7. The monoisotopic (exact) mass is 456 g/mol. The van der Waals surface area contributed by atoms with Gasteiger partial charge in [0.05, 0.1) is 5.25 Å². The molecule has 2 fully saturated rings. The fourth-order valence-corrected chi connectivity index (χ4v) is 6.36. The lowest BCUT2D eigenvalue weighted by Gasteiger charge is -2.28. The van der Waals surface area contributed by atoms with E-state index in [1.165, 1.54) is 15.3 Å². The summed E-state index contributed by atoms with van der Waals surface area (Å²) in [5, 5.41) is 6.39. The quantitative estimate of drug-likeness (QED) is 0.663. The summed E-state index contributed by atoms with van der Waals surface area (Å²) in [5.41, 5.74) is 0.294. The molecule has 2 aromatic rings. The van der Waals surface area contributed by atoms with Crippen LogP contribution >= 0.6 is 0 Å². The van der Waals surface area contributed by atoms with Crippen molar-refractivity contribution in [3.05, 3.63) is 35.0 Å². The van der Waals surface area contributed by atoms with E-state index in [-0.39, 0.29) is 47.0 Å². The van der Waals surface area contributed by atoms with E-state index in [0.29, 0.717) is 32.2 Å². The molecule has 0 unspecified atom stereocenters. The Hall–Kier alpha value is -2.47. The lowest BCUT2D eigenvalue weighted by molar-refractivity contribution is 0.0751. The van der Waals surface area contributed by atoms with Crippen molar-refractivity contribution in [3.63, 3.8) is 0 Å². The van der Waals surface area contributed by atoms with Crippen LogP contribution < -0.4 is 0 Å². The maximum absolute atomic E-state index is 14.7. The average molecular weight is 456 g/mol. The molecule has 1 aliphatic carbocycles. The number of benzene rings is 1. The average Bonchev–Trinajstić information content (AvgIpc) is 3.16. The smallest absolute Gasteiger partial charge is 0.314 e. The molecular formula is C19H19F3N4O4S. The molecule has 5 rings (SSSR count). The van der Waals surface area contributed by atoms with E-state index in [4.69, 9.17) is 4.42 Å². The zero-order valence-electron chi connectivity index (χ0n) is 16.3. The molecule has 12 heteroatoms. The number of fused-ring (bicyclic) bond motifs is 1. The Morgan fingerprint density at radius 3 is 2.65 bits per heavy atom. The minimum atomic E-state index is -3.36. The summed E-state index contributed by atoms with van der Waals surface area (Å²) in [7, 11) is -3.36. The van der Waals surface area contributed by atoms with Crippen LogP contribution in [0.3, 0.4) is 0 Å². The number of alkyl halides is 2. The molecular weight excluding hydrogens is 437 g/mol. The minimum Gasteiger partial charge on any atom is -0.415 e. The highest BCUT2D eigenvalue weighted by molar-refractivity contribution is 7.90. The number of hydrogen-bond acceptors (Lipinski definition) is 6. The fourth-order valence-electron chi connectivity index (χ4n) is 4.27. The van der Waals surface area contributed by atoms with Crippen LogP contribution in [-0.2, 0) is 16.6 Å². The highest BCUT2D eigenvalue weighted by Crippen LogP contribution is 2.36. The molecule has 0 N–H and O–H groups in total. The second-order valence-electron chi connectivity index (χ2n) is 8.07. The first-order valence-corrected chi connectivity index (χ1v) is 11.5. The molecule has 1 aromatic carbocycles. The van der Waals surface area contributed by atoms with Gasteiger partial charge in [-0.3, -0.25) is 4.79 Å². The summed E-state index contributed by atoms with van der Waals surface area (Å²) in [6.45, 7) is 0.616. The third-order valence-electron chi connectivity index (χ3n) is 5.96. The summed E-state index contributed by atoms with van der Waals surface area (Å²) in [4.78, 5) is 14.4. The van der Waals surface area contributed by atoms with Gasteiger partial charge in [0.2, 0.25) is 15.9 Å². The van der Waals surface area contributed by atoms with Crippen LogP contribution in [0.25, 0.3) is 11.5 Å². The zero-order valence-corrected chi connectivity index (χ0v) is 17.1. The lowest BCUT2D eigenvalue weighted by Crippen LogP contribution is -2.44. The van der Waals surface area contributed by atoms with Gasteiger partial charge in [0.25, 0.3) is 11.8 Å². The van der Waals surface area contributed by atoms with Crippen LogP contribution in [0.1, 0.15) is 53.9 Å². The molecule has 8 nitrogen and oxygen atoms in total. The van der Waals surface area contributed by atoms with Crippen molar-refractivity contribution in [3.8, 4) is 11.5 Å². The van der Waals surface area contributed by atoms with Crippen molar-refractivity contribution in [2.45, 2.75) is 49.9 Å². The van der Waals surface area contributed by atoms with Crippen LogP contribution in [0.5, 0.6) is 0 Å². The Morgan fingerprint density at radius 2 is 1.97 bits per heavy atom. The maximum Gasteiger partial charge on any atom is 0.314 e. The van der Waals surface area contributed by atoms with Crippen LogP contribution in [0.15, 0.2) is 16.5 Å². The number of carbonyl (C=O) groups is 1. The van der Waals surface area contributed by atoms with E-state index in [1.807, 2.05) is 0 Å². The molecule has 1 aromatic heterocycles. The first-order chi connectivity index (χ1) is 14.8. The Balaban J connectivity index is 1.38. The van der Waals surface area contributed by atoms with Crippen LogP contribution in [-0.4, -0.2) is 58.1 Å². The SMILES string of the molecule is O=C1c2cc(-c3nnc(C(F)F)o3)cc(F)c2CN1C[C@H]1CCCN1S(=O)(=O)C1CC1. The molecule has 1 saturated carbocycles. The normalized spacial score (nSPS) is 22.0. The predicted octanol–water partition coefficient (Wildman–Crippen LogP) is 2.73. The van der Waals surface area contributed by atoms with Gasteiger partial charge in [0.1, 0.15) is 5.82 Å². The number of nitrogens with zero attached hydrogens (tertiary/aromatic N) is 4. The number of halogens is 3. The van der Waals surface area contributed by atoms with Gasteiger partial charge in [0.15, 0.2) is 0 Å². The first kappa shape index (κ1) is 20.4. The van der Waals surface area contributed by atoms with Crippen molar-refractivity contribution in [2.24, 2.45) is 0 Å². The number of carbonyl (C=O) groups excluding carboxylic acids is 1. The minimum absolute atomic E-state index is 0.0141. The van der Waals surface area contributed by atoms with Gasteiger partial charge in [0, 0.05) is 42.4 Å². The third-order valence-corrected chi connectivity index (χ3v) is 8.41. The Kier molecular flexibility index (Phi) is 4.81. The van der Waals surface area contributed by atoms with Gasteiger partial charge < -0.3 is 9.32 Å². The van der Waals surface area contributed by atoms with Gasteiger partial charge in [-0.05, 0) is 37.8 Å².